The largest absolute Gasteiger partial charge is 0.323 e. The number of carbonyl (C=O) groups excluding carboxylic acids is 1. The van der Waals surface area contributed by atoms with Crippen molar-refractivity contribution in [3.05, 3.63) is 54.5 Å². The van der Waals surface area contributed by atoms with E-state index >= 15 is 0 Å². The van der Waals surface area contributed by atoms with Gasteiger partial charge in [0.2, 0.25) is 5.91 Å². The number of nitrogens with zero attached hydrogens (tertiary/aromatic N) is 1. The van der Waals surface area contributed by atoms with E-state index in [-0.39, 0.29) is 17.3 Å². The van der Waals surface area contributed by atoms with Crippen molar-refractivity contribution in [2.45, 2.75) is 5.03 Å². The van der Waals surface area contributed by atoms with E-state index in [1.165, 1.54) is 23.9 Å². The van der Waals surface area contributed by atoms with Crippen LogP contribution < -0.4 is 5.32 Å². The molecule has 0 spiro atoms. The first-order valence-corrected chi connectivity index (χ1v) is 6.32. The Kier molecular flexibility index (Phi) is 4.30. The maximum atomic E-state index is 13.3. The van der Waals surface area contributed by atoms with Gasteiger partial charge in [-0.1, -0.05) is 30.0 Å². The van der Waals surface area contributed by atoms with E-state index < -0.39 is 5.82 Å². The van der Waals surface area contributed by atoms with Crippen molar-refractivity contribution >= 4 is 23.4 Å². The number of nitrogens with one attached hydrogen (secondary N) is 1. The fraction of sp³-hybridized carbons (Fsp3) is 0.0769. The Morgan fingerprint density at radius 1 is 1.22 bits per heavy atom. The second kappa shape index (κ2) is 6.16. The lowest BCUT2D eigenvalue weighted by Crippen LogP contribution is -2.15. The number of benzene rings is 1. The summed E-state index contributed by atoms with van der Waals surface area (Å²) in [5.74, 6) is -0.491. The Bertz CT molecular complexity index is 534. The normalized spacial score (nSPS) is 10.1. The Balaban J connectivity index is 1.88. The number of amides is 1. The zero-order valence-electron chi connectivity index (χ0n) is 9.47. The Morgan fingerprint density at radius 2 is 2.00 bits per heavy atom. The van der Waals surface area contributed by atoms with Crippen LogP contribution in [-0.4, -0.2) is 16.6 Å². The molecule has 0 fully saturated rings. The van der Waals surface area contributed by atoms with E-state index in [0.717, 1.165) is 5.03 Å². The maximum Gasteiger partial charge on any atom is 0.234 e. The van der Waals surface area contributed by atoms with Gasteiger partial charge in [-0.15, -0.1) is 0 Å². The van der Waals surface area contributed by atoms with Crippen LogP contribution in [-0.2, 0) is 4.79 Å². The summed E-state index contributed by atoms with van der Waals surface area (Å²) < 4.78 is 13.3. The van der Waals surface area contributed by atoms with Crippen LogP contribution in [0.25, 0.3) is 0 Å². The molecule has 0 radical (unpaired) electrons. The van der Waals surface area contributed by atoms with Gasteiger partial charge in [-0.2, -0.15) is 0 Å². The van der Waals surface area contributed by atoms with Gasteiger partial charge in [0.05, 0.1) is 16.5 Å². The summed E-state index contributed by atoms with van der Waals surface area (Å²) in [4.78, 5) is 15.7. The van der Waals surface area contributed by atoms with E-state index in [1.807, 2.05) is 18.2 Å². The summed E-state index contributed by atoms with van der Waals surface area (Å²) in [5, 5.41) is 3.28. The number of thioether (sulfide) groups is 1. The van der Waals surface area contributed by atoms with Gasteiger partial charge < -0.3 is 5.32 Å². The molecule has 0 unspecified atom stereocenters. The monoisotopic (exact) mass is 262 g/mol. The minimum absolute atomic E-state index is 0.198. The molecule has 92 valence electrons. The van der Waals surface area contributed by atoms with Crippen LogP contribution in [0.2, 0.25) is 0 Å². The van der Waals surface area contributed by atoms with Crippen molar-refractivity contribution in [2.75, 3.05) is 11.1 Å². The number of anilines is 1. The number of hydrogen-bond donors (Lipinski definition) is 1. The zero-order valence-corrected chi connectivity index (χ0v) is 10.3. The molecule has 1 aromatic heterocycles. The van der Waals surface area contributed by atoms with Gasteiger partial charge in [0, 0.05) is 6.20 Å². The van der Waals surface area contributed by atoms with Crippen LogP contribution in [0.1, 0.15) is 0 Å². The number of pyridine rings is 1. The van der Waals surface area contributed by atoms with Gasteiger partial charge in [-0.3, -0.25) is 4.79 Å². The van der Waals surface area contributed by atoms with Crippen molar-refractivity contribution in [1.29, 1.82) is 0 Å². The maximum absolute atomic E-state index is 13.3. The SMILES string of the molecule is O=C(CSc1ccccn1)Nc1ccccc1F. The molecule has 1 aromatic carbocycles. The van der Waals surface area contributed by atoms with Crippen molar-refractivity contribution in [2.24, 2.45) is 0 Å². The van der Waals surface area contributed by atoms with E-state index in [2.05, 4.69) is 10.3 Å². The van der Waals surface area contributed by atoms with Gasteiger partial charge in [0.25, 0.3) is 0 Å². The summed E-state index contributed by atoms with van der Waals surface area (Å²) in [6.45, 7) is 0. The van der Waals surface area contributed by atoms with E-state index in [0.29, 0.717) is 0 Å². The molecule has 5 heteroatoms. The van der Waals surface area contributed by atoms with E-state index in [9.17, 15) is 9.18 Å². The first-order chi connectivity index (χ1) is 8.75. The molecule has 0 aliphatic heterocycles. The first-order valence-electron chi connectivity index (χ1n) is 5.34. The standard InChI is InChI=1S/C13H11FN2OS/c14-10-5-1-2-6-11(10)16-12(17)9-18-13-7-3-4-8-15-13/h1-8H,9H2,(H,16,17). The molecule has 1 amide bonds. The molecule has 3 nitrogen and oxygen atoms in total. The predicted molar refractivity (Wildman–Crippen MR) is 70.0 cm³/mol. The minimum atomic E-state index is -0.436. The van der Waals surface area contributed by atoms with Gasteiger partial charge in [0.1, 0.15) is 5.82 Å². The molecule has 0 bridgehead atoms. The van der Waals surface area contributed by atoms with Crippen LogP contribution in [0.3, 0.4) is 0 Å². The average molecular weight is 262 g/mol. The third kappa shape index (κ3) is 3.56. The molecular weight excluding hydrogens is 251 g/mol. The average Bonchev–Trinajstić information content (AvgIpc) is 2.40. The first kappa shape index (κ1) is 12.6. The fourth-order valence-corrected chi connectivity index (χ4v) is 1.98. The number of carbonyl (C=O) groups is 1. The molecule has 18 heavy (non-hydrogen) atoms. The van der Waals surface area contributed by atoms with Gasteiger partial charge in [0.15, 0.2) is 0 Å². The number of hydrogen-bond acceptors (Lipinski definition) is 3. The van der Waals surface area contributed by atoms with Crippen LogP contribution >= 0.6 is 11.8 Å². The predicted octanol–water partition coefficient (Wildman–Crippen LogP) is 2.95. The number of rotatable bonds is 4. The smallest absolute Gasteiger partial charge is 0.234 e. The number of para-hydroxylation sites is 1. The van der Waals surface area contributed by atoms with Crippen molar-refractivity contribution in [1.82, 2.24) is 4.98 Å². The molecule has 0 aliphatic rings. The molecule has 1 N–H and O–H groups in total. The van der Waals surface area contributed by atoms with Crippen LogP contribution in [0.15, 0.2) is 53.7 Å². The van der Waals surface area contributed by atoms with E-state index in [4.69, 9.17) is 0 Å². The zero-order chi connectivity index (χ0) is 12.8. The molecule has 2 aromatic rings. The van der Waals surface area contributed by atoms with Gasteiger partial charge >= 0.3 is 0 Å². The number of aromatic nitrogens is 1. The fourth-order valence-electron chi connectivity index (χ4n) is 1.32. The lowest BCUT2D eigenvalue weighted by atomic mass is 10.3. The Labute approximate surface area is 108 Å². The van der Waals surface area contributed by atoms with Crippen LogP contribution in [0.5, 0.6) is 0 Å². The molecule has 0 saturated carbocycles. The highest BCUT2D eigenvalue weighted by Crippen LogP contribution is 2.16. The van der Waals surface area contributed by atoms with E-state index in [1.54, 1.807) is 18.3 Å². The van der Waals surface area contributed by atoms with Gasteiger partial charge in [-0.25, -0.2) is 9.37 Å². The van der Waals surface area contributed by atoms with Crippen LogP contribution in [0, 0.1) is 5.82 Å². The molecule has 0 atom stereocenters. The van der Waals surface area contributed by atoms with Crippen molar-refractivity contribution < 1.29 is 9.18 Å². The third-order valence-corrected chi connectivity index (χ3v) is 3.08. The topological polar surface area (TPSA) is 42.0 Å². The highest BCUT2D eigenvalue weighted by Gasteiger charge is 2.06. The minimum Gasteiger partial charge on any atom is -0.323 e. The second-order valence-corrected chi connectivity index (χ2v) is 4.48. The third-order valence-electron chi connectivity index (χ3n) is 2.14. The number of halogens is 1. The summed E-state index contributed by atoms with van der Waals surface area (Å²) in [6.07, 6.45) is 1.66. The lowest BCUT2D eigenvalue weighted by Gasteiger charge is -2.05. The van der Waals surface area contributed by atoms with Gasteiger partial charge in [-0.05, 0) is 24.3 Å². The highest BCUT2D eigenvalue weighted by molar-refractivity contribution is 7.99. The van der Waals surface area contributed by atoms with Crippen molar-refractivity contribution in [3.63, 3.8) is 0 Å². The van der Waals surface area contributed by atoms with Crippen molar-refractivity contribution in [3.8, 4) is 0 Å². The Morgan fingerprint density at radius 3 is 2.72 bits per heavy atom. The summed E-state index contributed by atoms with van der Waals surface area (Å²) >= 11 is 1.31. The summed E-state index contributed by atoms with van der Waals surface area (Å²) in [6, 6.07) is 11.6. The lowest BCUT2D eigenvalue weighted by molar-refractivity contribution is -0.113. The molecular formula is C13H11FN2OS. The van der Waals surface area contributed by atoms with Crippen LogP contribution in [0.4, 0.5) is 10.1 Å². The quantitative estimate of drug-likeness (QED) is 0.861. The molecule has 2 rings (SSSR count). The molecule has 0 aliphatic carbocycles. The second-order valence-electron chi connectivity index (χ2n) is 3.48. The summed E-state index contributed by atoms with van der Waals surface area (Å²) in [5.41, 5.74) is 0.198. The summed E-state index contributed by atoms with van der Waals surface area (Å²) in [7, 11) is 0. The molecule has 0 saturated heterocycles. The highest BCUT2D eigenvalue weighted by atomic mass is 32.2. The molecule has 1 heterocycles. The Hall–Kier alpha value is -1.88.